The van der Waals surface area contributed by atoms with Crippen molar-refractivity contribution in [2.75, 3.05) is 31.3 Å². The second-order valence-corrected chi connectivity index (χ2v) is 8.60. The van der Waals surface area contributed by atoms with Crippen LogP contribution < -0.4 is 15.2 Å². The van der Waals surface area contributed by atoms with Gasteiger partial charge in [-0.15, -0.1) is 0 Å². The number of rotatable bonds is 6. The van der Waals surface area contributed by atoms with Crippen LogP contribution in [0.4, 0.5) is 5.82 Å². The lowest BCUT2D eigenvalue weighted by molar-refractivity contribution is 0.349. The molecule has 2 N–H and O–H groups in total. The lowest BCUT2D eigenvalue weighted by Gasteiger charge is -2.33. The van der Waals surface area contributed by atoms with Crippen LogP contribution in [-0.2, 0) is 11.1 Å². The fourth-order valence-corrected chi connectivity index (χ4v) is 4.20. The molecule has 0 radical (unpaired) electrons. The SMILES string of the molecule is CCn1ncc2cc(N3CCC(CCP(=O)(O)O)CC3)nc(OC)c2c1=O. The zero-order valence-electron chi connectivity index (χ0n) is 15.5. The van der Waals surface area contributed by atoms with Crippen LogP contribution in [0.5, 0.6) is 5.88 Å². The first-order valence-corrected chi connectivity index (χ1v) is 10.9. The maximum Gasteiger partial charge on any atom is 0.325 e. The summed E-state index contributed by atoms with van der Waals surface area (Å²) in [7, 11) is -2.44. The number of aromatic nitrogens is 3. The molecular formula is C17H25N4O5P. The predicted octanol–water partition coefficient (Wildman–Crippen LogP) is 1.60. The highest BCUT2D eigenvalue weighted by Crippen LogP contribution is 2.38. The van der Waals surface area contributed by atoms with Crippen LogP contribution >= 0.6 is 7.60 Å². The Morgan fingerprint density at radius 3 is 2.63 bits per heavy atom. The van der Waals surface area contributed by atoms with Crippen molar-refractivity contribution in [3.8, 4) is 5.88 Å². The number of fused-ring (bicyclic) bond motifs is 1. The molecule has 0 saturated carbocycles. The molecule has 2 aromatic heterocycles. The van der Waals surface area contributed by atoms with Crippen molar-refractivity contribution < 1.29 is 19.1 Å². The van der Waals surface area contributed by atoms with E-state index >= 15 is 0 Å². The van der Waals surface area contributed by atoms with Crippen LogP contribution in [0, 0.1) is 5.92 Å². The minimum Gasteiger partial charge on any atom is -0.480 e. The van der Waals surface area contributed by atoms with Gasteiger partial charge in [-0.1, -0.05) is 0 Å². The summed E-state index contributed by atoms with van der Waals surface area (Å²) in [6, 6.07) is 1.85. The van der Waals surface area contributed by atoms with E-state index in [2.05, 4.69) is 15.0 Å². The van der Waals surface area contributed by atoms with Crippen LogP contribution in [0.3, 0.4) is 0 Å². The molecule has 10 heteroatoms. The van der Waals surface area contributed by atoms with E-state index in [0.717, 1.165) is 31.7 Å². The maximum absolute atomic E-state index is 12.5. The van der Waals surface area contributed by atoms with Gasteiger partial charge in [0.05, 0.1) is 19.5 Å². The standard InChI is InChI=1S/C17H25N4O5P/c1-3-21-17(22)15-13(11-18-21)10-14(19-16(15)26-2)20-7-4-12(5-8-20)6-9-27(23,24)25/h10-12H,3-9H2,1-2H3,(H2,23,24,25). The number of ether oxygens (including phenoxy) is 1. The van der Waals surface area contributed by atoms with Crippen molar-refractivity contribution in [2.45, 2.75) is 32.7 Å². The zero-order chi connectivity index (χ0) is 19.6. The summed E-state index contributed by atoms with van der Waals surface area (Å²) in [5.74, 6) is 1.32. The summed E-state index contributed by atoms with van der Waals surface area (Å²) in [6.07, 6.45) is 3.82. The maximum atomic E-state index is 12.5. The number of hydrogen-bond donors (Lipinski definition) is 2. The Hall–Kier alpha value is -1.96. The van der Waals surface area contributed by atoms with Crippen LogP contribution in [0.15, 0.2) is 17.1 Å². The minimum atomic E-state index is -3.94. The molecule has 0 aliphatic carbocycles. The highest BCUT2D eigenvalue weighted by Gasteiger charge is 2.24. The largest absolute Gasteiger partial charge is 0.480 e. The number of pyridine rings is 1. The van der Waals surface area contributed by atoms with Gasteiger partial charge in [0, 0.05) is 25.0 Å². The Labute approximate surface area is 157 Å². The molecule has 3 rings (SSSR count). The van der Waals surface area contributed by atoms with E-state index in [1.54, 1.807) is 6.20 Å². The fraction of sp³-hybridized carbons (Fsp3) is 0.588. The summed E-state index contributed by atoms with van der Waals surface area (Å²) in [5.41, 5.74) is -0.220. The van der Waals surface area contributed by atoms with E-state index < -0.39 is 7.60 Å². The minimum absolute atomic E-state index is 0.0604. The molecule has 0 amide bonds. The van der Waals surface area contributed by atoms with E-state index in [1.807, 2.05) is 13.0 Å². The first-order valence-electron chi connectivity index (χ1n) is 9.06. The van der Waals surface area contributed by atoms with Crippen LogP contribution in [0.1, 0.15) is 26.2 Å². The zero-order valence-corrected chi connectivity index (χ0v) is 16.4. The second kappa shape index (κ2) is 7.96. The summed E-state index contributed by atoms with van der Waals surface area (Å²) in [4.78, 5) is 37.2. The molecule has 1 aliphatic rings. The Morgan fingerprint density at radius 1 is 1.33 bits per heavy atom. The number of piperidine rings is 1. The average Bonchev–Trinajstić information content (AvgIpc) is 2.65. The van der Waals surface area contributed by atoms with Crippen molar-refractivity contribution in [3.05, 3.63) is 22.6 Å². The van der Waals surface area contributed by atoms with Gasteiger partial charge in [0.25, 0.3) is 5.56 Å². The van der Waals surface area contributed by atoms with Crippen LogP contribution in [0.2, 0.25) is 0 Å². The van der Waals surface area contributed by atoms with E-state index in [0.29, 0.717) is 35.5 Å². The summed E-state index contributed by atoms with van der Waals surface area (Å²) < 4.78 is 17.8. The van der Waals surface area contributed by atoms with Crippen molar-refractivity contribution in [2.24, 2.45) is 5.92 Å². The van der Waals surface area contributed by atoms with Gasteiger partial charge in [0.1, 0.15) is 11.2 Å². The first-order chi connectivity index (χ1) is 12.8. The number of methoxy groups -OCH3 is 1. The number of anilines is 1. The van der Waals surface area contributed by atoms with Crippen molar-refractivity contribution in [1.82, 2.24) is 14.8 Å². The quantitative estimate of drug-likeness (QED) is 0.707. The van der Waals surface area contributed by atoms with Gasteiger partial charge in [0.2, 0.25) is 5.88 Å². The van der Waals surface area contributed by atoms with Crippen LogP contribution in [-0.4, -0.2) is 50.9 Å². The average molecular weight is 396 g/mol. The third kappa shape index (κ3) is 4.48. The Balaban J connectivity index is 1.80. The van der Waals surface area contributed by atoms with Gasteiger partial charge < -0.3 is 19.4 Å². The van der Waals surface area contributed by atoms with E-state index in [-0.39, 0.29) is 11.7 Å². The third-order valence-corrected chi connectivity index (χ3v) is 5.89. The Kier molecular flexibility index (Phi) is 5.83. The van der Waals surface area contributed by atoms with Gasteiger partial charge in [-0.25, -0.2) is 4.68 Å². The van der Waals surface area contributed by atoms with E-state index in [1.165, 1.54) is 11.8 Å². The fourth-order valence-electron chi connectivity index (χ4n) is 3.49. The molecule has 148 valence electrons. The molecule has 27 heavy (non-hydrogen) atoms. The molecule has 1 saturated heterocycles. The van der Waals surface area contributed by atoms with Gasteiger partial charge in [-0.05, 0) is 38.2 Å². The normalized spacial score (nSPS) is 16.1. The van der Waals surface area contributed by atoms with Gasteiger partial charge in [0.15, 0.2) is 0 Å². The van der Waals surface area contributed by atoms with Gasteiger partial charge in [-0.2, -0.15) is 10.1 Å². The molecule has 0 bridgehead atoms. The Morgan fingerprint density at radius 2 is 2.04 bits per heavy atom. The Bertz CT molecular complexity index is 917. The lowest BCUT2D eigenvalue weighted by Crippen LogP contribution is -2.34. The molecule has 2 aromatic rings. The summed E-state index contributed by atoms with van der Waals surface area (Å²) in [6.45, 7) is 3.81. The van der Waals surface area contributed by atoms with Gasteiger partial charge >= 0.3 is 7.60 Å². The van der Waals surface area contributed by atoms with Crippen molar-refractivity contribution >= 4 is 24.2 Å². The monoisotopic (exact) mass is 396 g/mol. The molecule has 1 aliphatic heterocycles. The second-order valence-electron chi connectivity index (χ2n) is 6.83. The van der Waals surface area contributed by atoms with Crippen LogP contribution in [0.25, 0.3) is 10.8 Å². The number of nitrogens with zero attached hydrogens (tertiary/aromatic N) is 4. The molecular weight excluding hydrogens is 371 g/mol. The molecule has 1 fully saturated rings. The molecule has 0 aromatic carbocycles. The van der Waals surface area contributed by atoms with E-state index in [4.69, 9.17) is 14.5 Å². The molecule has 3 heterocycles. The number of aryl methyl sites for hydroxylation is 1. The first kappa shape index (κ1) is 19.8. The summed E-state index contributed by atoms with van der Waals surface area (Å²) in [5, 5.41) is 5.29. The third-order valence-electron chi connectivity index (χ3n) is 5.05. The van der Waals surface area contributed by atoms with Crippen molar-refractivity contribution in [1.29, 1.82) is 0 Å². The highest BCUT2D eigenvalue weighted by molar-refractivity contribution is 7.51. The summed E-state index contributed by atoms with van der Waals surface area (Å²) >= 11 is 0. The van der Waals surface area contributed by atoms with Crippen molar-refractivity contribution in [3.63, 3.8) is 0 Å². The predicted molar refractivity (Wildman–Crippen MR) is 102 cm³/mol. The molecule has 0 atom stereocenters. The topological polar surface area (TPSA) is 118 Å². The molecule has 9 nitrogen and oxygen atoms in total. The highest BCUT2D eigenvalue weighted by atomic mass is 31.2. The number of hydrogen-bond acceptors (Lipinski definition) is 6. The molecule has 0 unspecified atom stereocenters. The van der Waals surface area contributed by atoms with E-state index in [9.17, 15) is 9.36 Å². The molecule has 0 spiro atoms. The lowest BCUT2D eigenvalue weighted by atomic mass is 9.94. The smallest absolute Gasteiger partial charge is 0.325 e. The van der Waals surface area contributed by atoms with Gasteiger partial charge in [-0.3, -0.25) is 9.36 Å².